The van der Waals surface area contributed by atoms with E-state index in [0.29, 0.717) is 13.1 Å². The first kappa shape index (κ1) is 13.5. The molecule has 2 N–H and O–H groups in total. The third-order valence-electron chi connectivity index (χ3n) is 4.06. The molecule has 1 saturated heterocycles. The molecule has 1 unspecified atom stereocenters. The van der Waals surface area contributed by atoms with Crippen LogP contribution in [0, 0.1) is 0 Å². The third-order valence-corrected chi connectivity index (χ3v) is 5.15. The second-order valence-electron chi connectivity index (χ2n) is 5.22. The number of benzene rings is 1. The summed E-state index contributed by atoms with van der Waals surface area (Å²) in [6.45, 7) is 1.37. The van der Waals surface area contributed by atoms with E-state index in [1.54, 1.807) is 4.90 Å². The fourth-order valence-corrected chi connectivity index (χ4v) is 3.53. The van der Waals surface area contributed by atoms with Gasteiger partial charge in [-0.15, -0.1) is 0 Å². The molecule has 0 aromatic heterocycles. The molecule has 2 aliphatic rings. The average Bonchev–Trinajstić information content (AvgIpc) is 2.39. The number of nitrogens with zero attached hydrogens (tertiary/aromatic N) is 2. The van der Waals surface area contributed by atoms with Crippen LogP contribution in [0.15, 0.2) is 24.3 Å². The predicted molar refractivity (Wildman–Crippen MR) is 74.1 cm³/mol. The second kappa shape index (κ2) is 4.83. The van der Waals surface area contributed by atoms with Gasteiger partial charge in [-0.1, -0.05) is 24.3 Å². The van der Waals surface area contributed by atoms with Crippen LogP contribution >= 0.6 is 0 Å². The minimum Gasteiger partial charge on any atom is -0.340 e. The van der Waals surface area contributed by atoms with Crippen LogP contribution in [0.4, 0.5) is 0 Å². The maximum Gasteiger partial charge on any atom is 0.277 e. The summed E-state index contributed by atoms with van der Waals surface area (Å²) in [6.07, 6.45) is 0.782. The van der Waals surface area contributed by atoms with Gasteiger partial charge >= 0.3 is 0 Å². The monoisotopic (exact) mass is 295 g/mol. The van der Waals surface area contributed by atoms with Crippen LogP contribution in [0.1, 0.15) is 17.0 Å². The summed E-state index contributed by atoms with van der Waals surface area (Å²) < 4.78 is 23.7. The number of piperazine rings is 1. The van der Waals surface area contributed by atoms with Gasteiger partial charge in [0.2, 0.25) is 5.91 Å². The van der Waals surface area contributed by atoms with Crippen molar-refractivity contribution in [2.24, 2.45) is 5.14 Å². The quantitative estimate of drug-likeness (QED) is 0.811. The Bertz CT molecular complexity index is 636. The molecule has 108 valence electrons. The normalized spacial score (nSPS) is 23.1. The highest BCUT2D eigenvalue weighted by molar-refractivity contribution is 7.86. The van der Waals surface area contributed by atoms with Crippen molar-refractivity contribution in [3.05, 3.63) is 35.4 Å². The zero-order valence-electron chi connectivity index (χ0n) is 11.0. The topological polar surface area (TPSA) is 83.7 Å². The van der Waals surface area contributed by atoms with Gasteiger partial charge < -0.3 is 4.90 Å². The molecule has 3 rings (SSSR count). The van der Waals surface area contributed by atoms with Crippen LogP contribution in [0.2, 0.25) is 0 Å². The maximum atomic E-state index is 12.4. The van der Waals surface area contributed by atoms with Gasteiger partial charge in [-0.05, 0) is 17.5 Å². The zero-order chi connectivity index (χ0) is 14.3. The first-order valence-corrected chi connectivity index (χ1v) is 8.11. The number of hydrogen-bond donors (Lipinski definition) is 1. The van der Waals surface area contributed by atoms with Gasteiger partial charge in [0.05, 0.1) is 5.92 Å². The van der Waals surface area contributed by atoms with Crippen LogP contribution in [0.3, 0.4) is 0 Å². The Morgan fingerprint density at radius 3 is 2.40 bits per heavy atom. The van der Waals surface area contributed by atoms with E-state index in [9.17, 15) is 13.2 Å². The number of rotatable bonds is 2. The SMILES string of the molecule is NS(=O)(=O)N1CCN(C(=O)C2Cc3ccccc32)CC1. The lowest BCUT2D eigenvalue weighted by molar-refractivity contribution is -0.134. The molecule has 20 heavy (non-hydrogen) atoms. The third kappa shape index (κ3) is 2.32. The summed E-state index contributed by atoms with van der Waals surface area (Å²) in [5, 5.41) is 5.09. The van der Waals surface area contributed by atoms with Crippen molar-refractivity contribution in [2.75, 3.05) is 26.2 Å². The summed E-state index contributed by atoms with van der Waals surface area (Å²) in [7, 11) is -3.64. The summed E-state index contributed by atoms with van der Waals surface area (Å²) in [5.74, 6) is 0.0324. The van der Waals surface area contributed by atoms with Crippen molar-refractivity contribution < 1.29 is 13.2 Å². The lowest BCUT2D eigenvalue weighted by atomic mass is 9.77. The Morgan fingerprint density at radius 2 is 1.80 bits per heavy atom. The van der Waals surface area contributed by atoms with Crippen molar-refractivity contribution in [2.45, 2.75) is 12.3 Å². The minimum absolute atomic E-state index is 0.0627. The molecule has 0 bridgehead atoms. The first-order chi connectivity index (χ1) is 9.47. The molecular weight excluding hydrogens is 278 g/mol. The van der Waals surface area contributed by atoms with E-state index in [1.807, 2.05) is 24.3 Å². The zero-order valence-corrected chi connectivity index (χ0v) is 11.8. The highest BCUT2D eigenvalue weighted by Gasteiger charge is 2.36. The molecule has 1 aliphatic heterocycles. The number of hydrogen-bond acceptors (Lipinski definition) is 3. The van der Waals surface area contributed by atoms with Crippen molar-refractivity contribution in [1.82, 2.24) is 9.21 Å². The van der Waals surface area contributed by atoms with Crippen molar-refractivity contribution in [3.63, 3.8) is 0 Å². The molecule has 7 heteroatoms. The van der Waals surface area contributed by atoms with E-state index in [4.69, 9.17) is 5.14 Å². The van der Waals surface area contributed by atoms with Crippen LogP contribution in [0.5, 0.6) is 0 Å². The van der Waals surface area contributed by atoms with Gasteiger partial charge in [0.1, 0.15) is 0 Å². The van der Waals surface area contributed by atoms with Crippen molar-refractivity contribution in [3.8, 4) is 0 Å². The lowest BCUT2D eigenvalue weighted by Crippen LogP contribution is -2.53. The largest absolute Gasteiger partial charge is 0.340 e. The van der Waals surface area contributed by atoms with E-state index >= 15 is 0 Å². The highest BCUT2D eigenvalue weighted by Crippen LogP contribution is 2.36. The van der Waals surface area contributed by atoms with Gasteiger partial charge in [0.25, 0.3) is 10.2 Å². The molecule has 1 atom stereocenters. The number of carbonyl (C=O) groups is 1. The molecule has 1 amide bonds. The Hall–Kier alpha value is -1.44. The van der Waals surface area contributed by atoms with Gasteiger partial charge in [-0.2, -0.15) is 12.7 Å². The summed E-state index contributed by atoms with van der Waals surface area (Å²) in [4.78, 5) is 14.2. The van der Waals surface area contributed by atoms with Crippen LogP contribution in [-0.2, 0) is 21.4 Å². The molecular formula is C13H17N3O3S. The van der Waals surface area contributed by atoms with E-state index < -0.39 is 10.2 Å². The molecule has 1 aromatic rings. The van der Waals surface area contributed by atoms with E-state index in [1.165, 1.54) is 9.87 Å². The van der Waals surface area contributed by atoms with Gasteiger partial charge in [0, 0.05) is 26.2 Å². The smallest absolute Gasteiger partial charge is 0.277 e. The highest BCUT2D eigenvalue weighted by atomic mass is 32.2. The first-order valence-electron chi connectivity index (χ1n) is 6.61. The fourth-order valence-electron chi connectivity index (χ4n) is 2.86. The summed E-state index contributed by atoms with van der Waals surface area (Å²) >= 11 is 0. The average molecular weight is 295 g/mol. The molecule has 1 aromatic carbocycles. The number of amides is 1. The van der Waals surface area contributed by atoms with Crippen LogP contribution in [0.25, 0.3) is 0 Å². The van der Waals surface area contributed by atoms with Gasteiger partial charge in [-0.25, -0.2) is 5.14 Å². The van der Waals surface area contributed by atoms with Crippen LogP contribution < -0.4 is 5.14 Å². The Labute approximate surface area is 118 Å². The number of nitrogens with two attached hydrogens (primary N) is 1. The van der Waals surface area contributed by atoms with E-state index in [-0.39, 0.29) is 24.9 Å². The Kier molecular flexibility index (Phi) is 3.27. The lowest BCUT2D eigenvalue weighted by Gasteiger charge is -2.38. The van der Waals surface area contributed by atoms with Gasteiger partial charge in [0.15, 0.2) is 0 Å². The van der Waals surface area contributed by atoms with E-state index in [2.05, 4.69) is 0 Å². The molecule has 0 spiro atoms. The maximum absolute atomic E-state index is 12.4. The fraction of sp³-hybridized carbons (Fsp3) is 0.462. The minimum atomic E-state index is -3.64. The summed E-state index contributed by atoms with van der Waals surface area (Å²) in [5.41, 5.74) is 2.33. The molecule has 0 saturated carbocycles. The van der Waals surface area contributed by atoms with Crippen LogP contribution in [-0.4, -0.2) is 49.7 Å². The number of carbonyl (C=O) groups excluding carboxylic acids is 1. The van der Waals surface area contributed by atoms with Gasteiger partial charge in [-0.3, -0.25) is 4.79 Å². The second-order valence-corrected chi connectivity index (χ2v) is 6.77. The molecule has 0 radical (unpaired) electrons. The standard InChI is InChI=1S/C13H17N3O3S/c14-20(18,19)16-7-5-15(6-8-16)13(17)12-9-10-3-1-2-4-11(10)12/h1-4,12H,5-9H2,(H2,14,18,19). The van der Waals surface area contributed by atoms with E-state index in [0.717, 1.165) is 12.0 Å². The van der Waals surface area contributed by atoms with Crippen molar-refractivity contribution in [1.29, 1.82) is 0 Å². The predicted octanol–water partition coefficient (Wildman–Crippen LogP) is -0.326. The molecule has 1 aliphatic carbocycles. The van der Waals surface area contributed by atoms with Crippen molar-refractivity contribution >= 4 is 16.1 Å². The molecule has 6 nitrogen and oxygen atoms in total. The molecule has 1 heterocycles. The Morgan fingerprint density at radius 1 is 1.15 bits per heavy atom. The number of fused-ring (bicyclic) bond motifs is 1. The Balaban J connectivity index is 1.64. The molecule has 1 fully saturated rings. The summed E-state index contributed by atoms with van der Waals surface area (Å²) in [6, 6.07) is 7.95.